The van der Waals surface area contributed by atoms with E-state index < -0.39 is 17.4 Å². The summed E-state index contributed by atoms with van der Waals surface area (Å²) < 4.78 is 11.2. The number of carbonyl (C=O) groups is 2. The van der Waals surface area contributed by atoms with Crippen molar-refractivity contribution in [1.29, 1.82) is 0 Å². The quantitative estimate of drug-likeness (QED) is 0.433. The lowest BCUT2D eigenvalue weighted by Gasteiger charge is -2.20. The fraction of sp³-hybridized carbons (Fsp3) is 0.250. The van der Waals surface area contributed by atoms with E-state index in [4.69, 9.17) is 9.47 Å². The molecule has 3 rings (SSSR count). The van der Waals surface area contributed by atoms with Crippen LogP contribution in [0.1, 0.15) is 18.9 Å². The largest absolute Gasteiger partial charge is 0.497 e. The van der Waals surface area contributed by atoms with Crippen molar-refractivity contribution in [3.63, 3.8) is 0 Å². The first kappa shape index (κ1) is 20.8. The summed E-state index contributed by atoms with van der Waals surface area (Å²) in [6.45, 7) is 1.36. The van der Waals surface area contributed by atoms with Crippen molar-refractivity contribution in [2.24, 2.45) is 5.10 Å². The zero-order valence-electron chi connectivity index (χ0n) is 15.9. The van der Waals surface area contributed by atoms with Gasteiger partial charge in [0.1, 0.15) is 11.5 Å². The molecule has 2 aromatic carbocycles. The summed E-state index contributed by atoms with van der Waals surface area (Å²) in [6.07, 6.45) is -0.0546. The van der Waals surface area contributed by atoms with Crippen LogP contribution < -0.4 is 20.2 Å². The van der Waals surface area contributed by atoms with E-state index in [9.17, 15) is 14.7 Å². The van der Waals surface area contributed by atoms with E-state index in [1.165, 1.54) is 0 Å². The standard InChI is InChI=1S/C20H20BrN3O5/c1-12(10-20(27)14-5-3-4-6-16(14)22-19(20)26)23-24-18(25)11-29-17-8-7-13(28-2)9-15(17)21/h3-9,27H,10-11H2,1-2H3,(H,22,26)(H,24,25). The van der Waals surface area contributed by atoms with Crippen molar-refractivity contribution < 1.29 is 24.2 Å². The molecule has 8 nitrogen and oxygen atoms in total. The van der Waals surface area contributed by atoms with Gasteiger partial charge >= 0.3 is 0 Å². The zero-order valence-corrected chi connectivity index (χ0v) is 17.4. The third-order valence-electron chi connectivity index (χ3n) is 4.38. The van der Waals surface area contributed by atoms with Gasteiger partial charge in [-0.05, 0) is 47.1 Å². The Labute approximate surface area is 176 Å². The lowest BCUT2D eigenvalue weighted by molar-refractivity contribution is -0.132. The maximum absolute atomic E-state index is 12.2. The number of para-hydroxylation sites is 1. The summed E-state index contributed by atoms with van der Waals surface area (Å²) in [5, 5.41) is 17.4. The molecule has 1 unspecified atom stereocenters. The normalized spacial score (nSPS) is 18.1. The van der Waals surface area contributed by atoms with E-state index in [0.717, 1.165) is 0 Å². The Morgan fingerprint density at radius 2 is 2.07 bits per heavy atom. The number of nitrogens with zero attached hydrogens (tertiary/aromatic N) is 1. The van der Waals surface area contributed by atoms with Gasteiger partial charge in [0.05, 0.1) is 11.6 Å². The number of fused-ring (bicyclic) bond motifs is 1. The Bertz CT molecular complexity index is 978. The van der Waals surface area contributed by atoms with Crippen molar-refractivity contribution in [1.82, 2.24) is 5.43 Å². The number of ether oxygens (including phenoxy) is 2. The molecule has 152 valence electrons. The van der Waals surface area contributed by atoms with E-state index in [1.807, 2.05) is 0 Å². The predicted octanol–water partition coefficient (Wildman–Crippen LogP) is 2.56. The van der Waals surface area contributed by atoms with Crippen LogP contribution in [0.5, 0.6) is 11.5 Å². The monoisotopic (exact) mass is 461 g/mol. The summed E-state index contributed by atoms with van der Waals surface area (Å²) in [4.78, 5) is 24.2. The number of rotatable bonds is 7. The molecule has 2 aromatic rings. The fourth-order valence-electron chi connectivity index (χ4n) is 2.95. The first-order valence-corrected chi connectivity index (χ1v) is 9.54. The first-order valence-electron chi connectivity index (χ1n) is 8.75. The second-order valence-corrected chi connectivity index (χ2v) is 7.36. The van der Waals surface area contributed by atoms with Crippen molar-refractivity contribution in [3.05, 3.63) is 52.5 Å². The maximum atomic E-state index is 12.2. The third-order valence-corrected chi connectivity index (χ3v) is 5.00. The molecule has 1 aliphatic rings. The van der Waals surface area contributed by atoms with Crippen LogP contribution >= 0.6 is 15.9 Å². The minimum absolute atomic E-state index is 0.0546. The number of anilines is 1. The Morgan fingerprint density at radius 3 is 2.79 bits per heavy atom. The van der Waals surface area contributed by atoms with Crippen molar-refractivity contribution >= 4 is 39.1 Å². The summed E-state index contributed by atoms with van der Waals surface area (Å²) in [6, 6.07) is 12.0. The number of halogens is 1. The Hall–Kier alpha value is -2.91. The first-order chi connectivity index (χ1) is 13.8. The van der Waals surface area contributed by atoms with E-state index in [1.54, 1.807) is 56.5 Å². The SMILES string of the molecule is COc1ccc(OCC(=O)NN=C(C)CC2(O)C(=O)Nc3ccccc32)c(Br)c1. The number of hydrogen-bond acceptors (Lipinski definition) is 6. The Balaban J connectivity index is 1.57. The topological polar surface area (TPSA) is 109 Å². The number of hydrogen-bond donors (Lipinski definition) is 3. The average Bonchev–Trinajstić information content (AvgIpc) is 2.95. The lowest BCUT2D eigenvalue weighted by Crippen LogP contribution is -2.36. The summed E-state index contributed by atoms with van der Waals surface area (Å²) >= 11 is 3.34. The molecule has 0 saturated carbocycles. The maximum Gasteiger partial charge on any atom is 0.277 e. The van der Waals surface area contributed by atoms with Gasteiger partial charge in [-0.2, -0.15) is 5.10 Å². The molecular weight excluding hydrogens is 442 g/mol. The smallest absolute Gasteiger partial charge is 0.277 e. The molecule has 1 aliphatic heterocycles. The Kier molecular flexibility index (Phi) is 6.19. The minimum atomic E-state index is -1.72. The van der Waals surface area contributed by atoms with Gasteiger partial charge in [0.2, 0.25) is 0 Å². The van der Waals surface area contributed by atoms with Crippen molar-refractivity contribution in [2.75, 3.05) is 19.0 Å². The number of hydrazone groups is 1. The van der Waals surface area contributed by atoms with E-state index in [2.05, 4.69) is 31.8 Å². The highest BCUT2D eigenvalue weighted by atomic mass is 79.9. The molecule has 0 aromatic heterocycles. The van der Waals surface area contributed by atoms with Gasteiger partial charge in [0.25, 0.3) is 11.8 Å². The number of benzene rings is 2. The van der Waals surface area contributed by atoms with Gasteiger partial charge in [-0.15, -0.1) is 0 Å². The summed E-state index contributed by atoms with van der Waals surface area (Å²) in [5.41, 5.74) is 2.08. The zero-order chi connectivity index (χ0) is 21.0. The summed E-state index contributed by atoms with van der Waals surface area (Å²) in [7, 11) is 1.56. The van der Waals surface area contributed by atoms with Gasteiger partial charge in [-0.25, -0.2) is 5.43 Å². The highest BCUT2D eigenvalue weighted by molar-refractivity contribution is 9.10. The molecule has 29 heavy (non-hydrogen) atoms. The number of nitrogens with one attached hydrogen (secondary N) is 2. The van der Waals surface area contributed by atoms with Crippen molar-refractivity contribution in [2.45, 2.75) is 18.9 Å². The predicted molar refractivity (Wildman–Crippen MR) is 111 cm³/mol. The highest BCUT2D eigenvalue weighted by Crippen LogP contribution is 2.38. The molecule has 0 spiro atoms. The molecular formula is C20H20BrN3O5. The fourth-order valence-corrected chi connectivity index (χ4v) is 3.42. The van der Waals surface area contributed by atoms with E-state index in [0.29, 0.717) is 32.9 Å². The van der Waals surface area contributed by atoms with Gasteiger partial charge in [-0.3, -0.25) is 9.59 Å². The van der Waals surface area contributed by atoms with Crippen LogP contribution in [-0.4, -0.2) is 36.3 Å². The van der Waals surface area contributed by atoms with Crippen LogP contribution in [0.25, 0.3) is 0 Å². The molecule has 3 N–H and O–H groups in total. The van der Waals surface area contributed by atoms with E-state index in [-0.39, 0.29) is 13.0 Å². The molecule has 1 heterocycles. The molecule has 0 fully saturated rings. The molecule has 0 radical (unpaired) electrons. The van der Waals surface area contributed by atoms with Crippen LogP contribution in [0.15, 0.2) is 52.0 Å². The van der Waals surface area contributed by atoms with Crippen LogP contribution in [-0.2, 0) is 15.2 Å². The van der Waals surface area contributed by atoms with Gasteiger partial charge in [0, 0.05) is 23.4 Å². The number of aliphatic hydroxyl groups is 1. The van der Waals surface area contributed by atoms with Crippen LogP contribution in [0.3, 0.4) is 0 Å². The van der Waals surface area contributed by atoms with Gasteiger partial charge in [-0.1, -0.05) is 18.2 Å². The highest BCUT2D eigenvalue weighted by Gasteiger charge is 2.45. The molecule has 0 bridgehead atoms. The van der Waals surface area contributed by atoms with Crippen LogP contribution in [0.2, 0.25) is 0 Å². The molecule has 9 heteroatoms. The van der Waals surface area contributed by atoms with Gasteiger partial charge < -0.3 is 19.9 Å². The second-order valence-electron chi connectivity index (χ2n) is 6.50. The Morgan fingerprint density at radius 1 is 1.31 bits per heavy atom. The average molecular weight is 462 g/mol. The van der Waals surface area contributed by atoms with Gasteiger partial charge in [0.15, 0.2) is 12.2 Å². The number of methoxy groups -OCH3 is 1. The molecule has 0 aliphatic carbocycles. The summed E-state index contributed by atoms with van der Waals surface area (Å²) in [5.74, 6) is 0.141. The molecule has 2 amide bonds. The molecule has 1 atom stereocenters. The minimum Gasteiger partial charge on any atom is -0.497 e. The number of carbonyl (C=O) groups excluding carboxylic acids is 2. The van der Waals surface area contributed by atoms with Crippen molar-refractivity contribution in [3.8, 4) is 11.5 Å². The van der Waals surface area contributed by atoms with Crippen LogP contribution in [0, 0.1) is 0 Å². The number of amides is 2. The lowest BCUT2D eigenvalue weighted by atomic mass is 9.90. The van der Waals surface area contributed by atoms with Crippen LogP contribution in [0.4, 0.5) is 5.69 Å². The van der Waals surface area contributed by atoms with E-state index >= 15 is 0 Å². The molecule has 0 saturated heterocycles. The third kappa shape index (κ3) is 4.57. The second kappa shape index (κ2) is 8.62.